The van der Waals surface area contributed by atoms with E-state index in [0.717, 1.165) is 24.4 Å². The van der Waals surface area contributed by atoms with E-state index in [2.05, 4.69) is 5.10 Å². The van der Waals surface area contributed by atoms with Crippen LogP contribution in [0.4, 0.5) is 11.4 Å². The van der Waals surface area contributed by atoms with Crippen LogP contribution in [0.25, 0.3) is 5.69 Å². The summed E-state index contributed by atoms with van der Waals surface area (Å²) < 4.78 is 0.649. The van der Waals surface area contributed by atoms with E-state index in [0.29, 0.717) is 4.68 Å². The molecule has 0 radical (unpaired) electrons. The van der Waals surface area contributed by atoms with Crippen LogP contribution in [0, 0.1) is 20.2 Å². The van der Waals surface area contributed by atoms with Crippen molar-refractivity contribution in [2.75, 3.05) is 0 Å². The van der Waals surface area contributed by atoms with E-state index in [1.165, 1.54) is 0 Å². The van der Waals surface area contributed by atoms with Crippen molar-refractivity contribution in [3.05, 3.63) is 65.0 Å². The molecule has 0 N–H and O–H groups in total. The minimum absolute atomic E-state index is 0.109. The monoisotopic (exact) mass is 330 g/mol. The number of nitrogens with zero attached hydrogens (tertiary/aromatic N) is 4. The van der Waals surface area contributed by atoms with Crippen LogP contribution < -0.4 is 5.56 Å². The molecule has 0 amide bonds. The van der Waals surface area contributed by atoms with Crippen LogP contribution in [-0.2, 0) is 0 Å². The molecule has 11 heteroatoms. The standard InChI is InChI=1S/C10H4Cl2N4O5/c11-6-4-13-14(10(17)9(6)12)7-2-1-5(15(18)19)3-8(7)16(20)21/h1-4H. The molecule has 0 aliphatic carbocycles. The van der Waals surface area contributed by atoms with Crippen molar-refractivity contribution in [3.8, 4) is 5.69 Å². The molecule has 2 rings (SSSR count). The largest absolute Gasteiger partial charge is 0.301 e. The van der Waals surface area contributed by atoms with Crippen LogP contribution >= 0.6 is 23.2 Å². The number of halogens is 2. The maximum absolute atomic E-state index is 11.9. The highest BCUT2D eigenvalue weighted by atomic mass is 35.5. The first-order chi connectivity index (χ1) is 9.82. The lowest BCUT2D eigenvalue weighted by molar-refractivity contribution is -0.394. The normalized spacial score (nSPS) is 10.4. The number of aromatic nitrogens is 2. The number of hydrogen-bond acceptors (Lipinski definition) is 6. The third kappa shape index (κ3) is 2.69. The molecule has 0 aliphatic rings. The summed E-state index contributed by atoms with van der Waals surface area (Å²) in [5.41, 5.74) is -2.27. The van der Waals surface area contributed by atoms with Gasteiger partial charge in [-0.15, -0.1) is 0 Å². The van der Waals surface area contributed by atoms with E-state index in [-0.39, 0.29) is 15.7 Å². The molecule has 0 unspecified atom stereocenters. The topological polar surface area (TPSA) is 121 Å². The van der Waals surface area contributed by atoms with E-state index >= 15 is 0 Å². The molecule has 21 heavy (non-hydrogen) atoms. The molecule has 0 fully saturated rings. The Morgan fingerprint density at radius 3 is 2.38 bits per heavy atom. The minimum Gasteiger partial charge on any atom is -0.266 e. The Labute approximate surface area is 125 Å². The zero-order valence-corrected chi connectivity index (χ0v) is 11.4. The lowest BCUT2D eigenvalue weighted by Gasteiger charge is -2.06. The van der Waals surface area contributed by atoms with Crippen LogP contribution in [0.3, 0.4) is 0 Å². The number of rotatable bonds is 3. The second-order valence-electron chi connectivity index (χ2n) is 3.71. The van der Waals surface area contributed by atoms with Gasteiger partial charge in [-0.25, -0.2) is 0 Å². The van der Waals surface area contributed by atoms with Gasteiger partial charge in [0.25, 0.3) is 11.2 Å². The van der Waals surface area contributed by atoms with Crippen LogP contribution in [0.15, 0.2) is 29.2 Å². The fourth-order valence-corrected chi connectivity index (χ4v) is 1.79. The Balaban J connectivity index is 2.76. The number of non-ortho nitro benzene ring substituents is 1. The molecule has 1 aromatic carbocycles. The lowest BCUT2D eigenvalue weighted by Crippen LogP contribution is -2.22. The molecular weight excluding hydrogens is 327 g/mol. The molecule has 0 spiro atoms. The minimum atomic E-state index is -0.874. The molecular formula is C10H4Cl2N4O5. The van der Waals surface area contributed by atoms with Gasteiger partial charge in [-0.2, -0.15) is 9.78 Å². The highest BCUT2D eigenvalue weighted by Gasteiger charge is 2.23. The fourth-order valence-electron chi connectivity index (χ4n) is 1.53. The molecule has 0 bridgehead atoms. The average molecular weight is 331 g/mol. The van der Waals surface area contributed by atoms with Crippen molar-refractivity contribution in [2.45, 2.75) is 0 Å². The third-order valence-corrected chi connectivity index (χ3v) is 3.22. The fraction of sp³-hybridized carbons (Fsp3) is 0. The van der Waals surface area contributed by atoms with Crippen molar-refractivity contribution in [2.24, 2.45) is 0 Å². The van der Waals surface area contributed by atoms with Crippen LogP contribution in [0.5, 0.6) is 0 Å². The van der Waals surface area contributed by atoms with Gasteiger partial charge in [0, 0.05) is 6.07 Å². The molecule has 9 nitrogen and oxygen atoms in total. The summed E-state index contributed by atoms with van der Waals surface area (Å²) in [5.74, 6) is 0. The molecule has 1 heterocycles. The summed E-state index contributed by atoms with van der Waals surface area (Å²) in [7, 11) is 0. The summed E-state index contributed by atoms with van der Waals surface area (Å²) in [6, 6.07) is 2.78. The van der Waals surface area contributed by atoms with Crippen molar-refractivity contribution in [3.63, 3.8) is 0 Å². The Hall–Kier alpha value is -2.52. The van der Waals surface area contributed by atoms with Gasteiger partial charge < -0.3 is 0 Å². The van der Waals surface area contributed by atoms with Gasteiger partial charge in [-0.05, 0) is 6.07 Å². The number of benzene rings is 1. The van der Waals surface area contributed by atoms with E-state index in [1.54, 1.807) is 0 Å². The highest BCUT2D eigenvalue weighted by Crippen LogP contribution is 2.27. The summed E-state index contributed by atoms with van der Waals surface area (Å²) in [5, 5.41) is 24.8. The predicted molar refractivity (Wildman–Crippen MR) is 73.2 cm³/mol. The zero-order chi connectivity index (χ0) is 15.7. The van der Waals surface area contributed by atoms with Crippen molar-refractivity contribution < 1.29 is 9.85 Å². The Morgan fingerprint density at radius 2 is 1.81 bits per heavy atom. The molecule has 0 saturated carbocycles. The summed E-state index contributed by atoms with van der Waals surface area (Å²) >= 11 is 11.3. The Kier molecular flexibility index (Phi) is 3.87. The second kappa shape index (κ2) is 5.46. The van der Waals surface area contributed by atoms with Crippen molar-refractivity contribution in [1.82, 2.24) is 9.78 Å². The van der Waals surface area contributed by atoms with Crippen molar-refractivity contribution >= 4 is 34.6 Å². The Morgan fingerprint density at radius 1 is 1.14 bits per heavy atom. The third-order valence-electron chi connectivity index (χ3n) is 2.47. The van der Waals surface area contributed by atoms with Gasteiger partial charge in [-0.3, -0.25) is 25.0 Å². The molecule has 1 aromatic heterocycles. The molecule has 0 saturated heterocycles. The average Bonchev–Trinajstić information content (AvgIpc) is 2.44. The smallest absolute Gasteiger partial charge is 0.266 e. The predicted octanol–water partition coefficient (Wildman–Crippen LogP) is 2.36. The highest BCUT2D eigenvalue weighted by molar-refractivity contribution is 6.41. The molecule has 2 aromatic rings. The van der Waals surface area contributed by atoms with Crippen LogP contribution in [0.2, 0.25) is 10.0 Å². The van der Waals surface area contributed by atoms with E-state index in [1.807, 2.05) is 0 Å². The first kappa shape index (κ1) is 14.9. The first-order valence-electron chi connectivity index (χ1n) is 5.19. The maximum Gasteiger partial charge on any atom is 0.301 e. The quantitative estimate of drug-likeness (QED) is 0.628. The van der Waals surface area contributed by atoms with Gasteiger partial charge in [0.15, 0.2) is 0 Å². The van der Waals surface area contributed by atoms with Crippen LogP contribution in [0.1, 0.15) is 0 Å². The maximum atomic E-state index is 11.9. The van der Waals surface area contributed by atoms with E-state index in [4.69, 9.17) is 23.2 Å². The van der Waals surface area contributed by atoms with Gasteiger partial charge in [0.2, 0.25) is 0 Å². The lowest BCUT2D eigenvalue weighted by atomic mass is 10.2. The first-order valence-corrected chi connectivity index (χ1v) is 5.95. The summed E-state index contributed by atoms with van der Waals surface area (Å²) in [4.78, 5) is 31.9. The molecule has 0 aliphatic heterocycles. The summed E-state index contributed by atoms with van der Waals surface area (Å²) in [6.45, 7) is 0. The number of nitro groups is 2. The zero-order valence-electron chi connectivity index (χ0n) is 9.90. The molecule has 0 atom stereocenters. The van der Waals surface area contributed by atoms with E-state index < -0.39 is 26.8 Å². The molecule has 108 valence electrons. The number of hydrogen-bond donors (Lipinski definition) is 0. The van der Waals surface area contributed by atoms with Crippen LogP contribution in [-0.4, -0.2) is 19.6 Å². The SMILES string of the molecule is O=c1c(Cl)c(Cl)cnn1-c1ccc([N+](=O)[O-])cc1[N+](=O)[O-]. The summed E-state index contributed by atoms with van der Waals surface area (Å²) in [6.07, 6.45) is 1.04. The number of nitro benzene ring substituents is 2. The van der Waals surface area contributed by atoms with E-state index in [9.17, 15) is 25.0 Å². The Bertz CT molecular complexity index is 820. The van der Waals surface area contributed by atoms with Gasteiger partial charge >= 0.3 is 5.69 Å². The second-order valence-corrected chi connectivity index (χ2v) is 4.50. The van der Waals surface area contributed by atoms with Gasteiger partial charge in [-0.1, -0.05) is 23.2 Å². The van der Waals surface area contributed by atoms with Crippen molar-refractivity contribution in [1.29, 1.82) is 0 Å². The van der Waals surface area contributed by atoms with Gasteiger partial charge in [0.1, 0.15) is 10.7 Å². The van der Waals surface area contributed by atoms with Gasteiger partial charge in [0.05, 0.1) is 27.1 Å².